The molecule has 1 rings (SSSR count). The summed E-state index contributed by atoms with van der Waals surface area (Å²) in [4.78, 5) is 26.9. The van der Waals surface area contributed by atoms with Crippen molar-refractivity contribution in [2.45, 2.75) is 44.9 Å². The van der Waals surface area contributed by atoms with Gasteiger partial charge in [0.2, 0.25) is 0 Å². The SMILES string of the molecule is CN1C(=O)N(CCO[Si](C)(C)C(C)(C)C)C(=O)C1CBr. The third kappa shape index (κ3) is 3.43. The van der Waals surface area contributed by atoms with Crippen LogP contribution in [0, 0.1) is 0 Å². The van der Waals surface area contributed by atoms with Crippen LogP contribution in [0.2, 0.25) is 18.1 Å². The number of carbonyl (C=O) groups excluding carboxylic acids is 2. The average molecular weight is 365 g/mol. The van der Waals surface area contributed by atoms with Crippen molar-refractivity contribution >= 4 is 36.2 Å². The highest BCUT2D eigenvalue weighted by molar-refractivity contribution is 9.09. The standard InChI is InChI=1S/C13H25BrN2O3Si/c1-13(2,3)20(5,6)19-8-7-16-11(17)10(9-14)15(4)12(16)18/h10H,7-9H2,1-6H3. The number of alkyl halides is 1. The van der Waals surface area contributed by atoms with Gasteiger partial charge in [0.1, 0.15) is 6.04 Å². The van der Waals surface area contributed by atoms with Gasteiger partial charge in [0.25, 0.3) is 5.91 Å². The molecule has 0 spiro atoms. The Bertz CT molecular complexity index is 396. The summed E-state index contributed by atoms with van der Waals surface area (Å²) in [5, 5.41) is 0.592. The van der Waals surface area contributed by atoms with Gasteiger partial charge in [-0.15, -0.1) is 0 Å². The molecule has 0 bridgehead atoms. The maximum Gasteiger partial charge on any atom is 0.327 e. The van der Waals surface area contributed by atoms with Crippen LogP contribution in [0.5, 0.6) is 0 Å². The molecule has 0 aromatic carbocycles. The number of hydrogen-bond acceptors (Lipinski definition) is 3. The molecular formula is C13H25BrN2O3Si. The van der Waals surface area contributed by atoms with Crippen molar-refractivity contribution in [3.05, 3.63) is 0 Å². The first kappa shape index (κ1) is 17.6. The molecule has 1 fully saturated rings. The Morgan fingerprint density at radius 2 is 1.85 bits per heavy atom. The topological polar surface area (TPSA) is 49.9 Å². The smallest absolute Gasteiger partial charge is 0.327 e. The summed E-state index contributed by atoms with van der Waals surface area (Å²) in [7, 11) is -0.182. The van der Waals surface area contributed by atoms with E-state index in [4.69, 9.17) is 4.43 Å². The predicted octanol–water partition coefficient (Wildman–Crippen LogP) is 2.67. The van der Waals surface area contributed by atoms with Gasteiger partial charge in [0, 0.05) is 12.4 Å². The van der Waals surface area contributed by atoms with Crippen LogP contribution in [0.15, 0.2) is 0 Å². The number of nitrogens with zero attached hydrogens (tertiary/aromatic N) is 2. The molecule has 0 saturated carbocycles. The second-order valence-corrected chi connectivity index (χ2v) is 12.1. The number of halogens is 1. The van der Waals surface area contributed by atoms with Crippen LogP contribution in [0.3, 0.4) is 0 Å². The molecule has 1 heterocycles. The van der Waals surface area contributed by atoms with Gasteiger partial charge in [0.15, 0.2) is 8.32 Å². The summed E-state index contributed by atoms with van der Waals surface area (Å²) in [5.41, 5.74) is 0. The highest BCUT2D eigenvalue weighted by Gasteiger charge is 2.43. The van der Waals surface area contributed by atoms with E-state index >= 15 is 0 Å². The van der Waals surface area contributed by atoms with Crippen LogP contribution in [-0.2, 0) is 9.22 Å². The van der Waals surface area contributed by atoms with Gasteiger partial charge in [-0.2, -0.15) is 0 Å². The Morgan fingerprint density at radius 1 is 1.30 bits per heavy atom. The van der Waals surface area contributed by atoms with Gasteiger partial charge in [-0.1, -0.05) is 36.7 Å². The Balaban J connectivity index is 2.59. The normalized spacial score (nSPS) is 21.1. The summed E-state index contributed by atoms with van der Waals surface area (Å²) in [6, 6.07) is -0.631. The first-order valence-electron chi connectivity index (χ1n) is 6.81. The highest BCUT2D eigenvalue weighted by Crippen LogP contribution is 2.36. The van der Waals surface area contributed by atoms with Crippen LogP contribution in [0.1, 0.15) is 20.8 Å². The zero-order valence-corrected chi connectivity index (χ0v) is 15.8. The molecule has 1 atom stereocenters. The van der Waals surface area contributed by atoms with Gasteiger partial charge < -0.3 is 9.33 Å². The van der Waals surface area contributed by atoms with E-state index in [0.717, 1.165) is 0 Å². The van der Waals surface area contributed by atoms with Crippen LogP contribution in [0.4, 0.5) is 4.79 Å². The van der Waals surface area contributed by atoms with E-state index in [1.165, 1.54) is 9.80 Å². The summed E-state index contributed by atoms with van der Waals surface area (Å²) < 4.78 is 6.02. The number of carbonyl (C=O) groups is 2. The number of amides is 3. The maximum atomic E-state index is 12.1. The van der Waals surface area contributed by atoms with Crippen molar-refractivity contribution in [2.75, 3.05) is 25.5 Å². The van der Waals surface area contributed by atoms with Crippen molar-refractivity contribution in [1.29, 1.82) is 0 Å². The summed E-state index contributed by atoms with van der Waals surface area (Å²) in [5.74, 6) is -0.145. The first-order chi connectivity index (χ1) is 9.03. The molecule has 1 saturated heterocycles. The van der Waals surface area contributed by atoms with Crippen molar-refractivity contribution in [2.24, 2.45) is 0 Å². The molecule has 1 aliphatic rings. The Hall–Kier alpha value is -0.403. The van der Waals surface area contributed by atoms with E-state index in [9.17, 15) is 9.59 Å². The molecule has 3 amide bonds. The number of likely N-dealkylation sites (N-methyl/N-ethyl adjacent to an activating group) is 1. The largest absolute Gasteiger partial charge is 0.415 e. The Kier molecular flexibility index (Phi) is 5.43. The minimum absolute atomic E-state index is 0.126. The summed E-state index contributed by atoms with van der Waals surface area (Å²) >= 11 is 3.27. The predicted molar refractivity (Wildman–Crippen MR) is 85.6 cm³/mol. The van der Waals surface area contributed by atoms with Crippen molar-refractivity contribution in [1.82, 2.24) is 9.80 Å². The van der Waals surface area contributed by atoms with E-state index < -0.39 is 14.4 Å². The lowest BCUT2D eigenvalue weighted by Gasteiger charge is -2.36. The highest BCUT2D eigenvalue weighted by atomic mass is 79.9. The molecule has 1 unspecified atom stereocenters. The molecule has 0 aromatic rings. The van der Waals surface area contributed by atoms with E-state index in [1.807, 2.05) is 0 Å². The van der Waals surface area contributed by atoms with Crippen LogP contribution in [0.25, 0.3) is 0 Å². The summed E-state index contributed by atoms with van der Waals surface area (Å²) in [6.07, 6.45) is 0. The van der Waals surface area contributed by atoms with Crippen LogP contribution >= 0.6 is 15.9 Å². The second kappa shape index (κ2) is 6.15. The zero-order chi connectivity index (χ0) is 15.7. The molecule has 7 heteroatoms. The van der Waals surface area contributed by atoms with E-state index in [1.54, 1.807) is 7.05 Å². The Labute approximate surface area is 130 Å². The number of urea groups is 1. The van der Waals surface area contributed by atoms with Crippen molar-refractivity contribution in [3.8, 4) is 0 Å². The number of hydrogen-bond donors (Lipinski definition) is 0. The van der Waals surface area contributed by atoms with E-state index in [0.29, 0.717) is 18.5 Å². The van der Waals surface area contributed by atoms with Gasteiger partial charge in [-0.05, 0) is 18.1 Å². The van der Waals surface area contributed by atoms with E-state index in [2.05, 4.69) is 49.8 Å². The number of imide groups is 1. The molecule has 116 valence electrons. The number of rotatable bonds is 5. The van der Waals surface area contributed by atoms with Gasteiger partial charge >= 0.3 is 6.03 Å². The third-order valence-electron chi connectivity index (χ3n) is 4.28. The molecule has 20 heavy (non-hydrogen) atoms. The molecule has 0 aromatic heterocycles. The zero-order valence-electron chi connectivity index (χ0n) is 13.2. The molecular weight excluding hydrogens is 340 g/mol. The molecule has 0 N–H and O–H groups in total. The molecule has 0 aliphatic carbocycles. The van der Waals surface area contributed by atoms with E-state index in [-0.39, 0.29) is 17.0 Å². The monoisotopic (exact) mass is 364 g/mol. The first-order valence-corrected chi connectivity index (χ1v) is 10.8. The fourth-order valence-corrected chi connectivity index (χ4v) is 3.49. The molecule has 0 radical (unpaired) electrons. The average Bonchev–Trinajstić information content (AvgIpc) is 2.51. The third-order valence-corrected chi connectivity index (χ3v) is 9.43. The van der Waals surface area contributed by atoms with Gasteiger partial charge in [-0.25, -0.2) is 4.79 Å². The Morgan fingerprint density at radius 3 is 2.25 bits per heavy atom. The fourth-order valence-electron chi connectivity index (χ4n) is 1.75. The quantitative estimate of drug-likeness (QED) is 0.428. The van der Waals surface area contributed by atoms with Crippen LogP contribution in [-0.4, -0.2) is 61.6 Å². The lowest BCUT2D eigenvalue weighted by Crippen LogP contribution is -2.43. The fraction of sp³-hybridized carbons (Fsp3) is 0.846. The molecule has 5 nitrogen and oxygen atoms in total. The lowest BCUT2D eigenvalue weighted by molar-refractivity contribution is -0.127. The van der Waals surface area contributed by atoms with Gasteiger partial charge in [-0.3, -0.25) is 9.69 Å². The van der Waals surface area contributed by atoms with Crippen molar-refractivity contribution in [3.63, 3.8) is 0 Å². The van der Waals surface area contributed by atoms with Crippen LogP contribution < -0.4 is 0 Å². The van der Waals surface area contributed by atoms with Crippen molar-refractivity contribution < 1.29 is 14.0 Å². The second-order valence-electron chi connectivity index (χ2n) is 6.66. The molecule has 1 aliphatic heterocycles. The van der Waals surface area contributed by atoms with Gasteiger partial charge in [0.05, 0.1) is 13.2 Å². The minimum Gasteiger partial charge on any atom is -0.415 e. The summed E-state index contributed by atoms with van der Waals surface area (Å²) in [6.45, 7) is 11.6. The lowest BCUT2D eigenvalue weighted by atomic mass is 10.2. The minimum atomic E-state index is -1.84. The maximum absolute atomic E-state index is 12.1.